The van der Waals surface area contributed by atoms with Crippen LogP contribution < -0.4 is 11.2 Å². The first-order chi connectivity index (χ1) is 9.95. The van der Waals surface area contributed by atoms with Gasteiger partial charge in [0, 0.05) is 30.4 Å². The highest BCUT2D eigenvalue weighted by molar-refractivity contribution is 5.36. The third-order valence-electron chi connectivity index (χ3n) is 3.06. The summed E-state index contributed by atoms with van der Waals surface area (Å²) in [6, 6.07) is 4.83. The molecule has 0 aliphatic heterocycles. The van der Waals surface area contributed by atoms with Crippen molar-refractivity contribution in [2.24, 2.45) is 0 Å². The zero-order valence-electron chi connectivity index (χ0n) is 11.2. The van der Waals surface area contributed by atoms with E-state index in [-0.39, 0.29) is 12.1 Å². The molecule has 2 rings (SSSR count). The second kappa shape index (κ2) is 5.70. The lowest BCUT2D eigenvalue weighted by molar-refractivity contribution is -0.387. The van der Waals surface area contributed by atoms with Gasteiger partial charge in [-0.05, 0) is 6.92 Å². The molecule has 0 fully saturated rings. The second-order valence-corrected chi connectivity index (χ2v) is 4.32. The Hall–Kier alpha value is -2.77. The van der Waals surface area contributed by atoms with Crippen LogP contribution in [0.15, 0.2) is 40.1 Å². The molecule has 0 spiro atoms. The lowest BCUT2D eigenvalue weighted by Crippen LogP contribution is -2.39. The zero-order chi connectivity index (χ0) is 15.6. The van der Waals surface area contributed by atoms with Crippen molar-refractivity contribution in [3.05, 3.63) is 72.8 Å². The summed E-state index contributed by atoms with van der Waals surface area (Å²) < 4.78 is 16.1. The molecule has 0 saturated carbocycles. The van der Waals surface area contributed by atoms with Crippen molar-refractivity contribution < 1.29 is 9.31 Å². The number of rotatable bonds is 4. The number of hydrogen-bond acceptors (Lipinski definition) is 4. The Labute approximate surface area is 118 Å². The van der Waals surface area contributed by atoms with Crippen LogP contribution in [-0.2, 0) is 13.1 Å². The van der Waals surface area contributed by atoms with Crippen LogP contribution >= 0.6 is 0 Å². The Balaban J connectivity index is 2.54. The van der Waals surface area contributed by atoms with E-state index < -0.39 is 27.7 Å². The van der Waals surface area contributed by atoms with Gasteiger partial charge in [-0.2, -0.15) is 4.39 Å². The van der Waals surface area contributed by atoms with Crippen molar-refractivity contribution in [2.45, 2.75) is 20.0 Å². The molecule has 0 aliphatic carbocycles. The number of nitrogens with zero attached hydrogens (tertiary/aromatic N) is 3. The molecule has 0 atom stereocenters. The van der Waals surface area contributed by atoms with Crippen molar-refractivity contribution in [2.75, 3.05) is 0 Å². The van der Waals surface area contributed by atoms with Gasteiger partial charge < -0.3 is 4.57 Å². The molecular formula is C13H12FN3O4. The maximum absolute atomic E-state index is 14.0. The van der Waals surface area contributed by atoms with E-state index in [2.05, 4.69) is 0 Å². The van der Waals surface area contributed by atoms with Crippen molar-refractivity contribution in [3.63, 3.8) is 0 Å². The minimum Gasteiger partial charge on any atom is -0.301 e. The minimum atomic E-state index is -1.04. The summed E-state index contributed by atoms with van der Waals surface area (Å²) in [5.74, 6) is -1.04. The van der Waals surface area contributed by atoms with Crippen LogP contribution in [0.5, 0.6) is 0 Å². The Bertz CT molecular complexity index is 810. The van der Waals surface area contributed by atoms with Gasteiger partial charge in [0.2, 0.25) is 5.82 Å². The van der Waals surface area contributed by atoms with Gasteiger partial charge in [0.25, 0.3) is 5.56 Å². The summed E-state index contributed by atoms with van der Waals surface area (Å²) in [6.07, 6.45) is 1.35. The van der Waals surface area contributed by atoms with Crippen LogP contribution in [0.3, 0.4) is 0 Å². The summed E-state index contributed by atoms with van der Waals surface area (Å²) >= 11 is 0. The zero-order valence-corrected chi connectivity index (χ0v) is 11.2. The Kier molecular flexibility index (Phi) is 3.97. The summed E-state index contributed by atoms with van der Waals surface area (Å²) in [6.45, 7) is 1.73. The van der Waals surface area contributed by atoms with Gasteiger partial charge in [-0.3, -0.25) is 19.5 Å². The molecule has 0 saturated heterocycles. The van der Waals surface area contributed by atoms with Gasteiger partial charge in [0.15, 0.2) is 0 Å². The smallest absolute Gasteiger partial charge is 0.301 e. The Morgan fingerprint density at radius 3 is 2.62 bits per heavy atom. The molecule has 2 aromatic rings. The van der Waals surface area contributed by atoms with Crippen LogP contribution in [-0.4, -0.2) is 14.1 Å². The normalized spacial score (nSPS) is 10.6. The highest BCUT2D eigenvalue weighted by atomic mass is 19.1. The largest absolute Gasteiger partial charge is 0.331 e. The average Bonchev–Trinajstić information content (AvgIpc) is 2.45. The van der Waals surface area contributed by atoms with E-state index in [9.17, 15) is 24.1 Å². The molecule has 7 nitrogen and oxygen atoms in total. The number of aryl methyl sites for hydroxylation is 1. The van der Waals surface area contributed by atoms with Gasteiger partial charge in [-0.25, -0.2) is 4.79 Å². The molecule has 0 amide bonds. The molecule has 8 heteroatoms. The van der Waals surface area contributed by atoms with E-state index in [4.69, 9.17) is 0 Å². The lowest BCUT2D eigenvalue weighted by Gasteiger charge is -2.08. The van der Waals surface area contributed by atoms with Gasteiger partial charge >= 0.3 is 11.4 Å². The minimum absolute atomic E-state index is 0.0859. The van der Waals surface area contributed by atoms with Crippen molar-refractivity contribution in [1.82, 2.24) is 9.13 Å². The Morgan fingerprint density at radius 1 is 1.29 bits per heavy atom. The highest BCUT2D eigenvalue weighted by Crippen LogP contribution is 2.20. The molecule has 1 aromatic carbocycles. The van der Waals surface area contributed by atoms with Crippen LogP contribution in [0.4, 0.5) is 10.1 Å². The molecular weight excluding hydrogens is 281 g/mol. The monoisotopic (exact) mass is 293 g/mol. The first-order valence-corrected chi connectivity index (χ1v) is 6.17. The van der Waals surface area contributed by atoms with Crippen molar-refractivity contribution in [3.8, 4) is 0 Å². The second-order valence-electron chi connectivity index (χ2n) is 4.32. The number of benzene rings is 1. The standard InChI is InChI=1S/C13H12FN3O4/c1-2-15-7-6-11(18)16(13(15)19)8-9-4-3-5-10(12(9)14)17(20)21/h3-7H,2,8H2,1H3. The quantitative estimate of drug-likeness (QED) is 0.624. The van der Waals surface area contributed by atoms with E-state index >= 15 is 0 Å². The topological polar surface area (TPSA) is 87.1 Å². The van der Waals surface area contributed by atoms with Crippen LogP contribution in [0.1, 0.15) is 12.5 Å². The average molecular weight is 293 g/mol. The lowest BCUT2D eigenvalue weighted by atomic mass is 10.2. The van der Waals surface area contributed by atoms with E-state index in [0.29, 0.717) is 6.54 Å². The fourth-order valence-electron chi connectivity index (χ4n) is 1.94. The SMILES string of the molecule is CCn1ccc(=O)n(Cc2cccc([N+](=O)[O-])c2F)c1=O. The van der Waals surface area contributed by atoms with E-state index in [1.54, 1.807) is 6.92 Å². The van der Waals surface area contributed by atoms with E-state index in [1.807, 2.05) is 0 Å². The molecule has 1 aromatic heterocycles. The van der Waals surface area contributed by atoms with Gasteiger partial charge in [-0.15, -0.1) is 0 Å². The summed E-state index contributed by atoms with van der Waals surface area (Å²) in [4.78, 5) is 33.6. The number of nitro groups is 1. The molecule has 0 radical (unpaired) electrons. The first-order valence-electron chi connectivity index (χ1n) is 6.17. The van der Waals surface area contributed by atoms with Crippen molar-refractivity contribution >= 4 is 5.69 Å². The fourth-order valence-corrected chi connectivity index (χ4v) is 1.94. The molecule has 21 heavy (non-hydrogen) atoms. The molecule has 0 aliphatic rings. The molecule has 0 N–H and O–H groups in total. The number of hydrogen-bond donors (Lipinski definition) is 0. The van der Waals surface area contributed by atoms with Crippen LogP contribution in [0.25, 0.3) is 0 Å². The third-order valence-corrected chi connectivity index (χ3v) is 3.06. The van der Waals surface area contributed by atoms with Crippen LogP contribution in [0, 0.1) is 15.9 Å². The Morgan fingerprint density at radius 2 is 2.00 bits per heavy atom. The van der Waals surface area contributed by atoms with Gasteiger partial charge in [-0.1, -0.05) is 12.1 Å². The number of nitro benzene ring substituents is 1. The van der Waals surface area contributed by atoms with Crippen LogP contribution in [0.2, 0.25) is 0 Å². The van der Waals surface area contributed by atoms with Gasteiger partial charge in [0.05, 0.1) is 11.5 Å². The molecule has 110 valence electrons. The highest BCUT2D eigenvalue weighted by Gasteiger charge is 2.18. The first kappa shape index (κ1) is 14.6. The summed E-state index contributed by atoms with van der Waals surface area (Å²) in [7, 11) is 0. The maximum Gasteiger partial charge on any atom is 0.331 e. The van der Waals surface area contributed by atoms with Crippen molar-refractivity contribution in [1.29, 1.82) is 0 Å². The number of aromatic nitrogens is 2. The maximum atomic E-state index is 14.0. The predicted molar refractivity (Wildman–Crippen MR) is 72.8 cm³/mol. The number of halogens is 1. The molecule has 0 unspecified atom stereocenters. The summed E-state index contributed by atoms with van der Waals surface area (Å²) in [5.41, 5.74) is -1.95. The predicted octanol–water partition coefficient (Wildman–Crippen LogP) is 1.13. The fraction of sp³-hybridized carbons (Fsp3) is 0.231. The van der Waals surface area contributed by atoms with E-state index in [1.165, 1.54) is 29.0 Å². The molecule has 1 heterocycles. The third kappa shape index (κ3) is 2.73. The summed E-state index contributed by atoms with van der Waals surface area (Å²) in [5, 5.41) is 10.7. The van der Waals surface area contributed by atoms with Gasteiger partial charge in [0.1, 0.15) is 0 Å². The molecule has 0 bridgehead atoms. The van der Waals surface area contributed by atoms with E-state index in [0.717, 1.165) is 10.6 Å².